The Hall–Kier alpha value is -1.82. The topological polar surface area (TPSA) is 50.1 Å². The first-order chi connectivity index (χ1) is 13.7. The molecule has 0 aliphatic heterocycles. The summed E-state index contributed by atoms with van der Waals surface area (Å²) in [5, 5.41) is 8.85. The Kier molecular flexibility index (Phi) is 7.95. The fourth-order valence-electron chi connectivity index (χ4n) is 5.15. The van der Waals surface area contributed by atoms with Crippen LogP contribution in [0.3, 0.4) is 0 Å². The third-order valence-electron chi connectivity index (χ3n) is 6.98. The molecule has 0 spiro atoms. The Balaban J connectivity index is 1.36. The van der Waals surface area contributed by atoms with Crippen LogP contribution in [0, 0.1) is 35.0 Å². The summed E-state index contributed by atoms with van der Waals surface area (Å²) < 4.78 is 5.53. The second-order valence-electron chi connectivity index (χ2n) is 9.04. The molecule has 2 aliphatic rings. The minimum absolute atomic E-state index is 0.0386. The van der Waals surface area contributed by atoms with Crippen molar-refractivity contribution in [1.82, 2.24) is 0 Å². The molecule has 3 nitrogen and oxygen atoms in total. The molecule has 1 aromatic carbocycles. The number of nitriles is 1. The highest BCUT2D eigenvalue weighted by Gasteiger charge is 2.30. The number of carbonyl (C=O) groups is 1. The molecular formula is C25H35NO2. The maximum absolute atomic E-state index is 12.5. The van der Waals surface area contributed by atoms with E-state index in [1.54, 1.807) is 24.3 Å². The third kappa shape index (κ3) is 6.09. The standard InChI is InChI=1S/C25H35NO2/c1-2-3-4-19-5-7-20(8-6-19)17-21-9-13-23(14-10-21)25(27)28-24-15-11-22(18-26)12-16-24/h11-12,15-16,19-21,23H,2-10,13-14,17H2,1H3. The minimum atomic E-state index is -0.0976. The van der Waals surface area contributed by atoms with Gasteiger partial charge < -0.3 is 4.74 Å². The van der Waals surface area contributed by atoms with Gasteiger partial charge in [0.2, 0.25) is 0 Å². The molecule has 152 valence electrons. The van der Waals surface area contributed by atoms with Gasteiger partial charge in [-0.2, -0.15) is 5.26 Å². The highest BCUT2D eigenvalue weighted by molar-refractivity contribution is 5.75. The Morgan fingerprint density at radius 2 is 1.54 bits per heavy atom. The van der Waals surface area contributed by atoms with Gasteiger partial charge in [0.1, 0.15) is 5.75 Å². The maximum atomic E-state index is 12.5. The molecule has 0 atom stereocenters. The molecule has 28 heavy (non-hydrogen) atoms. The average molecular weight is 382 g/mol. The van der Waals surface area contributed by atoms with Crippen molar-refractivity contribution in [3.05, 3.63) is 29.8 Å². The van der Waals surface area contributed by atoms with E-state index in [4.69, 9.17) is 10.00 Å². The molecule has 3 heteroatoms. The molecule has 0 saturated heterocycles. The van der Waals surface area contributed by atoms with E-state index in [9.17, 15) is 4.79 Å². The van der Waals surface area contributed by atoms with E-state index in [0.29, 0.717) is 11.3 Å². The first-order valence-corrected chi connectivity index (χ1v) is 11.4. The van der Waals surface area contributed by atoms with Gasteiger partial charge in [-0.05, 0) is 74.1 Å². The van der Waals surface area contributed by atoms with Gasteiger partial charge in [0.25, 0.3) is 0 Å². The molecule has 2 aliphatic carbocycles. The number of esters is 1. The highest BCUT2D eigenvalue weighted by atomic mass is 16.5. The highest BCUT2D eigenvalue weighted by Crippen LogP contribution is 2.39. The van der Waals surface area contributed by atoms with Gasteiger partial charge >= 0.3 is 5.97 Å². The zero-order valence-electron chi connectivity index (χ0n) is 17.4. The van der Waals surface area contributed by atoms with Gasteiger partial charge in [0.15, 0.2) is 0 Å². The molecule has 0 N–H and O–H groups in total. The van der Waals surface area contributed by atoms with Crippen molar-refractivity contribution in [3.63, 3.8) is 0 Å². The Labute approximate surface area is 170 Å². The van der Waals surface area contributed by atoms with E-state index in [0.717, 1.165) is 30.6 Å². The number of hydrogen-bond acceptors (Lipinski definition) is 3. The zero-order chi connectivity index (χ0) is 19.8. The van der Waals surface area contributed by atoms with Crippen molar-refractivity contribution in [2.75, 3.05) is 0 Å². The van der Waals surface area contributed by atoms with Crippen molar-refractivity contribution >= 4 is 5.97 Å². The van der Waals surface area contributed by atoms with Crippen molar-refractivity contribution < 1.29 is 9.53 Å². The Morgan fingerprint density at radius 3 is 2.11 bits per heavy atom. The average Bonchev–Trinajstić information content (AvgIpc) is 2.74. The lowest BCUT2D eigenvalue weighted by molar-refractivity contribution is -0.140. The largest absolute Gasteiger partial charge is 0.426 e. The molecule has 0 aromatic heterocycles. The van der Waals surface area contributed by atoms with Crippen LogP contribution in [0.2, 0.25) is 0 Å². The molecule has 0 bridgehead atoms. The molecule has 0 radical (unpaired) electrons. The van der Waals surface area contributed by atoms with Crippen LogP contribution in [0.1, 0.15) is 89.5 Å². The van der Waals surface area contributed by atoms with Crippen LogP contribution in [0.4, 0.5) is 0 Å². The molecule has 0 unspecified atom stereocenters. The lowest BCUT2D eigenvalue weighted by Crippen LogP contribution is -2.27. The minimum Gasteiger partial charge on any atom is -0.426 e. The molecule has 2 fully saturated rings. The van der Waals surface area contributed by atoms with Crippen LogP contribution in [0.25, 0.3) is 0 Å². The number of unbranched alkanes of at least 4 members (excludes halogenated alkanes) is 1. The number of carbonyl (C=O) groups excluding carboxylic acids is 1. The van der Waals surface area contributed by atoms with E-state index in [1.807, 2.05) is 0 Å². The van der Waals surface area contributed by atoms with Crippen LogP contribution in [-0.4, -0.2) is 5.97 Å². The first kappa shape index (κ1) is 20.9. The van der Waals surface area contributed by atoms with Crippen LogP contribution in [0.15, 0.2) is 24.3 Å². The number of benzene rings is 1. The van der Waals surface area contributed by atoms with Gasteiger partial charge in [0.05, 0.1) is 17.6 Å². The molecule has 2 saturated carbocycles. The maximum Gasteiger partial charge on any atom is 0.314 e. The second kappa shape index (κ2) is 10.6. The zero-order valence-corrected chi connectivity index (χ0v) is 17.4. The summed E-state index contributed by atoms with van der Waals surface area (Å²) in [6.07, 6.45) is 15.5. The summed E-state index contributed by atoms with van der Waals surface area (Å²) in [7, 11) is 0. The molecule has 0 amide bonds. The van der Waals surface area contributed by atoms with Gasteiger partial charge in [0, 0.05) is 0 Å². The van der Waals surface area contributed by atoms with Crippen molar-refractivity contribution in [2.45, 2.75) is 84.0 Å². The normalized spacial score (nSPS) is 27.7. The summed E-state index contributed by atoms with van der Waals surface area (Å²) in [4.78, 5) is 12.5. The molecule has 0 heterocycles. The summed E-state index contributed by atoms with van der Waals surface area (Å²) in [5.41, 5.74) is 0.583. The van der Waals surface area contributed by atoms with Crippen molar-refractivity contribution in [3.8, 4) is 11.8 Å². The fraction of sp³-hybridized carbons (Fsp3) is 0.680. The number of ether oxygens (including phenoxy) is 1. The third-order valence-corrected chi connectivity index (χ3v) is 6.98. The van der Waals surface area contributed by atoms with E-state index in [1.165, 1.54) is 64.2 Å². The number of hydrogen-bond donors (Lipinski definition) is 0. The number of rotatable bonds is 7. The van der Waals surface area contributed by atoms with Crippen LogP contribution in [-0.2, 0) is 4.79 Å². The van der Waals surface area contributed by atoms with Gasteiger partial charge in [-0.25, -0.2) is 0 Å². The molecular weight excluding hydrogens is 346 g/mol. The van der Waals surface area contributed by atoms with Crippen LogP contribution >= 0.6 is 0 Å². The SMILES string of the molecule is CCCCC1CCC(CC2CCC(C(=O)Oc3ccc(C#N)cc3)CC2)CC1. The van der Waals surface area contributed by atoms with Gasteiger partial charge in [-0.15, -0.1) is 0 Å². The number of nitrogens with zero attached hydrogens (tertiary/aromatic N) is 1. The fourth-order valence-corrected chi connectivity index (χ4v) is 5.15. The van der Waals surface area contributed by atoms with Crippen LogP contribution in [0.5, 0.6) is 5.75 Å². The van der Waals surface area contributed by atoms with E-state index < -0.39 is 0 Å². The lowest BCUT2D eigenvalue weighted by atomic mass is 9.72. The predicted molar refractivity (Wildman–Crippen MR) is 112 cm³/mol. The first-order valence-electron chi connectivity index (χ1n) is 11.4. The predicted octanol–water partition coefficient (Wildman–Crippen LogP) is 6.66. The van der Waals surface area contributed by atoms with Crippen LogP contribution < -0.4 is 4.74 Å². The smallest absolute Gasteiger partial charge is 0.314 e. The Morgan fingerprint density at radius 1 is 0.964 bits per heavy atom. The summed E-state index contributed by atoms with van der Waals surface area (Å²) in [6, 6.07) is 8.88. The quantitative estimate of drug-likeness (QED) is 0.392. The van der Waals surface area contributed by atoms with Crippen molar-refractivity contribution in [1.29, 1.82) is 5.26 Å². The van der Waals surface area contributed by atoms with Crippen molar-refractivity contribution in [2.24, 2.45) is 23.7 Å². The monoisotopic (exact) mass is 381 g/mol. The summed E-state index contributed by atoms with van der Waals surface area (Å²) >= 11 is 0. The molecule has 1 aromatic rings. The Bertz CT molecular complexity index is 644. The van der Waals surface area contributed by atoms with E-state index in [-0.39, 0.29) is 11.9 Å². The second-order valence-corrected chi connectivity index (χ2v) is 9.04. The lowest BCUT2D eigenvalue weighted by Gasteiger charge is -2.33. The summed E-state index contributed by atoms with van der Waals surface area (Å²) in [6.45, 7) is 2.29. The summed E-state index contributed by atoms with van der Waals surface area (Å²) in [5.74, 6) is 3.20. The van der Waals surface area contributed by atoms with Gasteiger partial charge in [-0.1, -0.05) is 51.9 Å². The van der Waals surface area contributed by atoms with Gasteiger partial charge in [-0.3, -0.25) is 4.79 Å². The van der Waals surface area contributed by atoms with E-state index >= 15 is 0 Å². The van der Waals surface area contributed by atoms with E-state index in [2.05, 4.69) is 13.0 Å². The molecule has 3 rings (SSSR count).